The number of aliphatic imine (C=N–C) groups is 1. The third-order valence-corrected chi connectivity index (χ3v) is 3.43. The molecule has 0 saturated heterocycles. The number of rotatable bonds is 10. The van der Waals surface area contributed by atoms with Crippen molar-refractivity contribution in [3.8, 4) is 0 Å². The van der Waals surface area contributed by atoms with Gasteiger partial charge in [-0.15, -0.1) is 0 Å². The zero-order chi connectivity index (χ0) is 16.9. The molecule has 5 heteroatoms. The van der Waals surface area contributed by atoms with Crippen molar-refractivity contribution in [1.82, 2.24) is 10.6 Å². The van der Waals surface area contributed by atoms with Gasteiger partial charge >= 0.3 is 0 Å². The van der Waals surface area contributed by atoms with Gasteiger partial charge in [0.2, 0.25) is 0 Å². The second-order valence-electron chi connectivity index (χ2n) is 5.54. The van der Waals surface area contributed by atoms with Gasteiger partial charge in [0.1, 0.15) is 0 Å². The molecule has 0 amide bonds. The molecule has 0 aromatic heterocycles. The Morgan fingerprint density at radius 3 is 2.61 bits per heavy atom. The molecule has 23 heavy (non-hydrogen) atoms. The normalized spacial score (nSPS) is 14.3. The molecule has 2 unspecified atom stereocenters. The van der Waals surface area contributed by atoms with Crippen LogP contribution in [0.15, 0.2) is 35.3 Å². The summed E-state index contributed by atoms with van der Waals surface area (Å²) in [6.07, 6.45) is 1.60. The molecule has 1 aromatic rings. The highest BCUT2D eigenvalue weighted by molar-refractivity contribution is 5.79. The summed E-state index contributed by atoms with van der Waals surface area (Å²) in [6, 6.07) is 10.0. The number of guanidine groups is 1. The van der Waals surface area contributed by atoms with Gasteiger partial charge in [0, 0.05) is 13.1 Å². The average molecular weight is 321 g/mol. The number of hydrogen-bond acceptors (Lipinski definition) is 3. The van der Waals surface area contributed by atoms with Gasteiger partial charge in [0.05, 0.1) is 25.4 Å². The Morgan fingerprint density at radius 1 is 1.22 bits per heavy atom. The molecule has 0 saturated carbocycles. The van der Waals surface area contributed by atoms with E-state index in [4.69, 9.17) is 4.74 Å². The molecule has 0 heterocycles. The van der Waals surface area contributed by atoms with Crippen molar-refractivity contribution in [3.05, 3.63) is 35.9 Å². The summed E-state index contributed by atoms with van der Waals surface area (Å²) in [6.45, 7) is 8.45. The number of nitrogens with zero attached hydrogens (tertiary/aromatic N) is 1. The molecule has 0 fully saturated rings. The summed E-state index contributed by atoms with van der Waals surface area (Å²) in [5, 5.41) is 16.5. The minimum atomic E-state index is -0.609. The fourth-order valence-corrected chi connectivity index (χ4v) is 2.05. The number of aliphatic hydroxyl groups excluding tert-OH is 1. The van der Waals surface area contributed by atoms with Crippen molar-refractivity contribution in [1.29, 1.82) is 0 Å². The summed E-state index contributed by atoms with van der Waals surface area (Å²) >= 11 is 0. The van der Waals surface area contributed by atoms with Gasteiger partial charge in [-0.25, -0.2) is 0 Å². The molecule has 130 valence electrons. The van der Waals surface area contributed by atoms with E-state index in [1.807, 2.05) is 44.2 Å². The van der Waals surface area contributed by atoms with Crippen LogP contribution in [-0.2, 0) is 4.74 Å². The van der Waals surface area contributed by atoms with E-state index in [0.29, 0.717) is 6.54 Å². The van der Waals surface area contributed by atoms with Crippen molar-refractivity contribution in [3.63, 3.8) is 0 Å². The first kappa shape index (κ1) is 19.5. The van der Waals surface area contributed by atoms with E-state index in [1.165, 1.54) is 0 Å². The highest BCUT2D eigenvalue weighted by Crippen LogP contribution is 2.15. The van der Waals surface area contributed by atoms with Gasteiger partial charge in [0.15, 0.2) is 5.96 Å². The Hall–Kier alpha value is -1.59. The van der Waals surface area contributed by atoms with Crippen LogP contribution in [0.4, 0.5) is 0 Å². The predicted molar refractivity (Wildman–Crippen MR) is 95.7 cm³/mol. The molecular formula is C18H31N3O2. The summed E-state index contributed by atoms with van der Waals surface area (Å²) in [4.78, 5) is 4.40. The topological polar surface area (TPSA) is 65.9 Å². The quantitative estimate of drug-likeness (QED) is 0.352. The van der Waals surface area contributed by atoms with Crippen LogP contribution in [0.5, 0.6) is 0 Å². The third kappa shape index (κ3) is 8.57. The van der Waals surface area contributed by atoms with Gasteiger partial charge < -0.3 is 20.5 Å². The van der Waals surface area contributed by atoms with Gasteiger partial charge in [-0.3, -0.25) is 4.99 Å². The van der Waals surface area contributed by atoms with Gasteiger partial charge in [-0.1, -0.05) is 43.7 Å². The lowest BCUT2D eigenvalue weighted by atomic mass is 10.1. The highest BCUT2D eigenvalue weighted by Gasteiger charge is 2.09. The van der Waals surface area contributed by atoms with Crippen LogP contribution < -0.4 is 10.6 Å². The molecule has 2 atom stereocenters. The monoisotopic (exact) mass is 321 g/mol. The number of nitrogens with one attached hydrogen (secondary N) is 2. The average Bonchev–Trinajstić information content (AvgIpc) is 2.58. The Bertz CT molecular complexity index is 437. The van der Waals surface area contributed by atoms with Crippen LogP contribution >= 0.6 is 0 Å². The van der Waals surface area contributed by atoms with E-state index in [-0.39, 0.29) is 12.7 Å². The van der Waals surface area contributed by atoms with Gasteiger partial charge in [-0.05, 0) is 25.8 Å². The first-order valence-corrected chi connectivity index (χ1v) is 8.54. The van der Waals surface area contributed by atoms with Gasteiger partial charge in [-0.2, -0.15) is 0 Å². The maximum atomic E-state index is 10.0. The molecule has 0 radical (unpaired) electrons. The van der Waals surface area contributed by atoms with Crippen molar-refractivity contribution in [2.75, 3.05) is 26.2 Å². The van der Waals surface area contributed by atoms with Crippen molar-refractivity contribution in [2.24, 2.45) is 4.99 Å². The van der Waals surface area contributed by atoms with Gasteiger partial charge in [0.25, 0.3) is 0 Å². The summed E-state index contributed by atoms with van der Waals surface area (Å²) in [5.74, 6) is 0.746. The number of hydrogen-bond donors (Lipinski definition) is 3. The van der Waals surface area contributed by atoms with E-state index in [0.717, 1.165) is 37.5 Å². The van der Waals surface area contributed by atoms with E-state index in [9.17, 15) is 5.11 Å². The highest BCUT2D eigenvalue weighted by atomic mass is 16.5. The minimum Gasteiger partial charge on any atom is -0.389 e. The minimum absolute atomic E-state index is 0.0363. The van der Waals surface area contributed by atoms with E-state index >= 15 is 0 Å². The second-order valence-corrected chi connectivity index (χ2v) is 5.54. The number of benzene rings is 1. The molecule has 0 spiro atoms. The standard InChI is InChI=1S/C18H31N3O2/c1-4-6-12-20-18(19-5-2)21-13-17(22)14-23-15(3)16-10-8-7-9-11-16/h7-11,15,17,22H,4-6,12-14H2,1-3H3,(H2,19,20,21). The van der Waals surface area contributed by atoms with E-state index in [2.05, 4.69) is 22.5 Å². The van der Waals surface area contributed by atoms with Crippen LogP contribution in [-0.4, -0.2) is 43.4 Å². The number of aliphatic hydroxyl groups is 1. The lowest BCUT2D eigenvalue weighted by molar-refractivity contribution is 0.00111. The molecular weight excluding hydrogens is 290 g/mol. The maximum absolute atomic E-state index is 10.0. The Balaban J connectivity index is 2.35. The Labute approximate surface area is 140 Å². The zero-order valence-corrected chi connectivity index (χ0v) is 14.6. The van der Waals surface area contributed by atoms with Crippen LogP contribution in [0.3, 0.4) is 0 Å². The van der Waals surface area contributed by atoms with Crippen LogP contribution in [0, 0.1) is 0 Å². The molecule has 1 aromatic carbocycles. The Morgan fingerprint density at radius 2 is 1.96 bits per heavy atom. The van der Waals surface area contributed by atoms with Crippen molar-refractivity contribution >= 4 is 5.96 Å². The van der Waals surface area contributed by atoms with Crippen LogP contribution in [0.25, 0.3) is 0 Å². The molecule has 0 aliphatic rings. The van der Waals surface area contributed by atoms with E-state index < -0.39 is 6.10 Å². The first-order chi connectivity index (χ1) is 11.2. The molecule has 3 N–H and O–H groups in total. The molecule has 1 rings (SSSR count). The van der Waals surface area contributed by atoms with Crippen molar-refractivity contribution < 1.29 is 9.84 Å². The molecule has 0 bridgehead atoms. The fraction of sp³-hybridized carbons (Fsp3) is 0.611. The third-order valence-electron chi connectivity index (χ3n) is 3.43. The predicted octanol–water partition coefficient (Wildman–Crippen LogP) is 2.48. The maximum Gasteiger partial charge on any atom is 0.191 e. The number of ether oxygens (including phenoxy) is 1. The lowest BCUT2D eigenvalue weighted by Gasteiger charge is -2.16. The molecule has 5 nitrogen and oxygen atoms in total. The summed E-state index contributed by atoms with van der Waals surface area (Å²) in [7, 11) is 0. The number of unbranched alkanes of at least 4 members (excludes halogenated alkanes) is 1. The van der Waals surface area contributed by atoms with Crippen molar-refractivity contribution in [2.45, 2.75) is 45.8 Å². The summed E-state index contributed by atoms with van der Waals surface area (Å²) < 4.78 is 5.72. The largest absolute Gasteiger partial charge is 0.389 e. The van der Waals surface area contributed by atoms with Crippen LogP contribution in [0.1, 0.15) is 45.3 Å². The first-order valence-electron chi connectivity index (χ1n) is 8.54. The SMILES string of the molecule is CCCCNC(=NCC(O)COC(C)c1ccccc1)NCC. The Kier molecular flexibility index (Phi) is 10.1. The smallest absolute Gasteiger partial charge is 0.191 e. The fourth-order valence-electron chi connectivity index (χ4n) is 2.05. The second kappa shape index (κ2) is 11.9. The molecule has 0 aliphatic carbocycles. The summed E-state index contributed by atoms with van der Waals surface area (Å²) in [5.41, 5.74) is 1.11. The zero-order valence-electron chi connectivity index (χ0n) is 14.6. The van der Waals surface area contributed by atoms with Crippen LogP contribution in [0.2, 0.25) is 0 Å². The lowest BCUT2D eigenvalue weighted by Crippen LogP contribution is -2.38. The molecule has 0 aliphatic heterocycles. The van der Waals surface area contributed by atoms with E-state index in [1.54, 1.807) is 0 Å².